The highest BCUT2D eigenvalue weighted by Gasteiger charge is 2.31. The number of hydrogen-bond donors (Lipinski definition) is 1. The molecule has 0 amide bonds. The maximum atomic E-state index is 3.50. The van der Waals surface area contributed by atoms with Crippen molar-refractivity contribution in [3.63, 3.8) is 0 Å². The third kappa shape index (κ3) is 2.01. The summed E-state index contributed by atoms with van der Waals surface area (Å²) in [6, 6.07) is 7.12. The molecule has 1 nitrogen and oxygen atoms in total. The summed E-state index contributed by atoms with van der Waals surface area (Å²) in [4.78, 5) is 0. The summed E-state index contributed by atoms with van der Waals surface area (Å²) in [6.45, 7) is 2.19. The van der Waals surface area contributed by atoms with Gasteiger partial charge in [-0.3, -0.25) is 0 Å². The Morgan fingerprint density at radius 2 is 2.14 bits per heavy atom. The Kier molecular flexibility index (Phi) is 2.93. The Balaban J connectivity index is 2.29. The van der Waals surface area contributed by atoms with Crippen LogP contribution in [0.15, 0.2) is 22.7 Å². The predicted octanol–water partition coefficient (Wildman–Crippen LogP) is 3.43. The minimum atomic E-state index is 0.558. The van der Waals surface area contributed by atoms with Gasteiger partial charge in [0.05, 0.1) is 0 Å². The number of benzene rings is 1. The molecule has 1 aliphatic rings. The fourth-order valence-corrected chi connectivity index (χ4v) is 2.54. The van der Waals surface area contributed by atoms with Crippen LogP contribution < -0.4 is 5.32 Å². The van der Waals surface area contributed by atoms with Crippen molar-refractivity contribution in [2.24, 2.45) is 5.92 Å². The lowest BCUT2D eigenvalue weighted by atomic mass is 9.98. The van der Waals surface area contributed by atoms with Crippen LogP contribution in [0.1, 0.15) is 30.0 Å². The first-order valence-corrected chi connectivity index (χ1v) is 5.95. The van der Waals surface area contributed by atoms with E-state index in [9.17, 15) is 0 Å². The Labute approximate surface area is 94.0 Å². The summed E-state index contributed by atoms with van der Waals surface area (Å²) in [6.07, 6.45) is 2.75. The zero-order valence-electron chi connectivity index (χ0n) is 8.68. The zero-order valence-corrected chi connectivity index (χ0v) is 10.3. The predicted molar refractivity (Wildman–Crippen MR) is 63.4 cm³/mol. The number of halogens is 1. The molecule has 1 N–H and O–H groups in total. The normalized spacial score (nSPS) is 18.2. The quantitative estimate of drug-likeness (QED) is 0.871. The summed E-state index contributed by atoms with van der Waals surface area (Å²) in [5.41, 5.74) is 2.84. The molecular formula is C12H16BrN. The summed E-state index contributed by atoms with van der Waals surface area (Å²) >= 11 is 3.50. The second kappa shape index (κ2) is 4.03. The standard InChI is InChI=1S/C12H16BrN/c1-8-7-10(13)5-6-11(8)12(14-2)9-3-4-9/h5-7,9,12,14H,3-4H2,1-2H3. The largest absolute Gasteiger partial charge is 0.313 e. The van der Waals surface area contributed by atoms with Gasteiger partial charge in [-0.2, -0.15) is 0 Å². The van der Waals surface area contributed by atoms with E-state index in [0.717, 1.165) is 5.92 Å². The molecule has 76 valence electrons. The summed E-state index contributed by atoms with van der Waals surface area (Å²) in [5.74, 6) is 0.861. The van der Waals surface area contributed by atoms with Crippen molar-refractivity contribution in [1.82, 2.24) is 5.32 Å². The Morgan fingerprint density at radius 3 is 2.64 bits per heavy atom. The van der Waals surface area contributed by atoms with E-state index in [-0.39, 0.29) is 0 Å². The molecule has 1 unspecified atom stereocenters. The van der Waals surface area contributed by atoms with E-state index >= 15 is 0 Å². The molecule has 0 bridgehead atoms. The molecule has 1 atom stereocenters. The Hall–Kier alpha value is -0.340. The zero-order chi connectivity index (χ0) is 10.1. The van der Waals surface area contributed by atoms with Crippen LogP contribution in [0.2, 0.25) is 0 Å². The lowest BCUT2D eigenvalue weighted by molar-refractivity contribution is 0.526. The lowest BCUT2D eigenvalue weighted by Crippen LogP contribution is -2.19. The van der Waals surface area contributed by atoms with Crippen molar-refractivity contribution in [3.05, 3.63) is 33.8 Å². The van der Waals surface area contributed by atoms with Crippen LogP contribution in [-0.4, -0.2) is 7.05 Å². The molecular weight excluding hydrogens is 238 g/mol. The molecule has 1 aromatic rings. The van der Waals surface area contributed by atoms with E-state index in [0.29, 0.717) is 6.04 Å². The smallest absolute Gasteiger partial charge is 0.0348 e. The van der Waals surface area contributed by atoms with Crippen molar-refractivity contribution in [3.8, 4) is 0 Å². The Bertz CT molecular complexity index is 331. The molecule has 0 saturated heterocycles. The van der Waals surface area contributed by atoms with E-state index in [2.05, 4.69) is 53.4 Å². The highest BCUT2D eigenvalue weighted by molar-refractivity contribution is 9.10. The Morgan fingerprint density at radius 1 is 1.43 bits per heavy atom. The van der Waals surface area contributed by atoms with Crippen molar-refractivity contribution < 1.29 is 0 Å². The highest BCUT2D eigenvalue weighted by Crippen LogP contribution is 2.41. The highest BCUT2D eigenvalue weighted by atomic mass is 79.9. The SMILES string of the molecule is CNC(c1ccc(Br)cc1C)C1CC1. The van der Waals surface area contributed by atoms with Gasteiger partial charge in [-0.15, -0.1) is 0 Å². The van der Waals surface area contributed by atoms with Gasteiger partial charge < -0.3 is 5.32 Å². The van der Waals surface area contributed by atoms with E-state index in [4.69, 9.17) is 0 Å². The summed E-state index contributed by atoms with van der Waals surface area (Å²) in [5, 5.41) is 3.43. The number of rotatable bonds is 3. The molecule has 14 heavy (non-hydrogen) atoms. The first-order chi connectivity index (χ1) is 6.72. The van der Waals surface area contributed by atoms with E-state index < -0.39 is 0 Å². The maximum absolute atomic E-state index is 3.50. The lowest BCUT2D eigenvalue weighted by Gasteiger charge is -2.18. The topological polar surface area (TPSA) is 12.0 Å². The van der Waals surface area contributed by atoms with Gasteiger partial charge in [-0.05, 0) is 56.0 Å². The van der Waals surface area contributed by atoms with Crippen LogP contribution in [0.25, 0.3) is 0 Å². The van der Waals surface area contributed by atoms with Gasteiger partial charge >= 0.3 is 0 Å². The van der Waals surface area contributed by atoms with Crippen molar-refractivity contribution in [2.75, 3.05) is 7.05 Å². The summed E-state index contributed by atoms with van der Waals surface area (Å²) < 4.78 is 1.17. The first kappa shape index (κ1) is 10.2. The average molecular weight is 254 g/mol. The van der Waals surface area contributed by atoms with Gasteiger partial charge in [0.1, 0.15) is 0 Å². The van der Waals surface area contributed by atoms with E-state index in [1.165, 1.54) is 28.4 Å². The van der Waals surface area contributed by atoms with Gasteiger partial charge in [0, 0.05) is 10.5 Å². The monoisotopic (exact) mass is 253 g/mol. The van der Waals surface area contributed by atoms with Crippen LogP contribution in [-0.2, 0) is 0 Å². The van der Waals surface area contributed by atoms with Gasteiger partial charge in [0.2, 0.25) is 0 Å². The summed E-state index contributed by atoms with van der Waals surface area (Å²) in [7, 11) is 2.06. The number of hydrogen-bond acceptors (Lipinski definition) is 1. The van der Waals surface area contributed by atoms with Crippen LogP contribution >= 0.6 is 15.9 Å². The van der Waals surface area contributed by atoms with E-state index in [1.807, 2.05) is 0 Å². The minimum Gasteiger partial charge on any atom is -0.313 e. The fourth-order valence-electron chi connectivity index (χ4n) is 2.06. The molecule has 1 fully saturated rings. The molecule has 1 aliphatic carbocycles. The molecule has 2 heteroatoms. The molecule has 1 saturated carbocycles. The van der Waals surface area contributed by atoms with Crippen molar-refractivity contribution >= 4 is 15.9 Å². The molecule has 0 aromatic heterocycles. The molecule has 0 heterocycles. The van der Waals surface area contributed by atoms with Crippen molar-refractivity contribution in [1.29, 1.82) is 0 Å². The maximum Gasteiger partial charge on any atom is 0.0348 e. The fraction of sp³-hybridized carbons (Fsp3) is 0.500. The average Bonchev–Trinajstić information content (AvgIpc) is 2.93. The van der Waals surface area contributed by atoms with E-state index in [1.54, 1.807) is 0 Å². The molecule has 2 rings (SSSR count). The van der Waals surface area contributed by atoms with Crippen LogP contribution in [0.3, 0.4) is 0 Å². The molecule has 0 aliphatic heterocycles. The second-order valence-electron chi connectivity index (χ2n) is 4.10. The van der Waals surface area contributed by atoms with Gasteiger partial charge in [0.15, 0.2) is 0 Å². The minimum absolute atomic E-state index is 0.558. The van der Waals surface area contributed by atoms with Gasteiger partial charge in [0.25, 0.3) is 0 Å². The molecule has 0 spiro atoms. The van der Waals surface area contributed by atoms with Crippen molar-refractivity contribution in [2.45, 2.75) is 25.8 Å². The van der Waals surface area contributed by atoms with Gasteiger partial charge in [-0.1, -0.05) is 22.0 Å². The molecule has 0 radical (unpaired) electrons. The van der Waals surface area contributed by atoms with Crippen LogP contribution in [0.4, 0.5) is 0 Å². The van der Waals surface area contributed by atoms with Crippen LogP contribution in [0, 0.1) is 12.8 Å². The van der Waals surface area contributed by atoms with Crippen LogP contribution in [0.5, 0.6) is 0 Å². The second-order valence-corrected chi connectivity index (χ2v) is 5.02. The third-order valence-electron chi connectivity index (χ3n) is 2.97. The van der Waals surface area contributed by atoms with Gasteiger partial charge in [-0.25, -0.2) is 0 Å². The number of nitrogens with one attached hydrogen (secondary N) is 1. The third-order valence-corrected chi connectivity index (χ3v) is 3.46. The number of aryl methyl sites for hydroxylation is 1. The molecule has 1 aromatic carbocycles. The first-order valence-electron chi connectivity index (χ1n) is 5.15.